The van der Waals surface area contributed by atoms with Crippen LogP contribution in [-0.2, 0) is 19.1 Å². The van der Waals surface area contributed by atoms with E-state index in [0.29, 0.717) is 4.88 Å². The Bertz CT molecular complexity index is 401. The molecule has 1 heterocycles. The predicted molar refractivity (Wildman–Crippen MR) is 59.6 cm³/mol. The lowest BCUT2D eigenvalue weighted by atomic mass is 10.5. The number of esters is 2. The SMILES string of the molecule is COC(=O)CNC(=O)COC(=O)c1cccs1. The van der Waals surface area contributed by atoms with Crippen LogP contribution in [0.5, 0.6) is 0 Å². The summed E-state index contributed by atoms with van der Waals surface area (Å²) in [6, 6.07) is 3.30. The minimum Gasteiger partial charge on any atom is -0.468 e. The summed E-state index contributed by atoms with van der Waals surface area (Å²) in [4.78, 5) is 33.6. The molecule has 6 nitrogen and oxygen atoms in total. The van der Waals surface area contributed by atoms with Gasteiger partial charge in [-0.05, 0) is 11.4 Å². The van der Waals surface area contributed by atoms with Crippen LogP contribution < -0.4 is 5.32 Å². The van der Waals surface area contributed by atoms with E-state index in [9.17, 15) is 14.4 Å². The molecule has 0 bridgehead atoms. The molecule has 0 aliphatic heterocycles. The number of ether oxygens (including phenoxy) is 2. The van der Waals surface area contributed by atoms with Crippen molar-refractivity contribution < 1.29 is 23.9 Å². The molecule has 0 aliphatic carbocycles. The first-order valence-corrected chi connectivity index (χ1v) is 5.55. The second-order valence-corrected chi connectivity index (χ2v) is 3.85. The molecule has 0 spiro atoms. The van der Waals surface area contributed by atoms with Gasteiger partial charge in [0.15, 0.2) is 6.61 Å². The fraction of sp³-hybridized carbons (Fsp3) is 0.300. The highest BCUT2D eigenvalue weighted by Gasteiger charge is 2.11. The molecule has 1 aromatic rings. The lowest BCUT2D eigenvalue weighted by Gasteiger charge is -2.04. The van der Waals surface area contributed by atoms with Gasteiger partial charge in [0, 0.05) is 0 Å². The number of thiophene rings is 1. The quantitative estimate of drug-likeness (QED) is 0.762. The van der Waals surface area contributed by atoms with Crippen molar-refractivity contribution in [2.24, 2.45) is 0 Å². The van der Waals surface area contributed by atoms with Crippen molar-refractivity contribution in [3.63, 3.8) is 0 Å². The van der Waals surface area contributed by atoms with Crippen molar-refractivity contribution in [3.8, 4) is 0 Å². The van der Waals surface area contributed by atoms with Crippen LogP contribution in [0.25, 0.3) is 0 Å². The van der Waals surface area contributed by atoms with Crippen molar-refractivity contribution in [2.45, 2.75) is 0 Å². The zero-order valence-corrected chi connectivity index (χ0v) is 9.91. The van der Waals surface area contributed by atoms with Gasteiger partial charge in [0.1, 0.15) is 11.4 Å². The molecular formula is C10H11NO5S. The van der Waals surface area contributed by atoms with Crippen LogP contribution >= 0.6 is 11.3 Å². The summed E-state index contributed by atoms with van der Waals surface area (Å²) >= 11 is 1.22. The molecule has 0 fully saturated rings. The summed E-state index contributed by atoms with van der Waals surface area (Å²) in [5, 5.41) is 3.98. The number of hydrogen-bond acceptors (Lipinski definition) is 6. The summed E-state index contributed by atoms with van der Waals surface area (Å²) in [5.74, 6) is -1.68. The Labute approximate surface area is 102 Å². The first kappa shape index (κ1) is 13.2. The van der Waals surface area contributed by atoms with E-state index in [1.165, 1.54) is 18.4 Å². The van der Waals surface area contributed by atoms with Crippen LogP contribution in [0.1, 0.15) is 9.67 Å². The zero-order chi connectivity index (χ0) is 12.7. The van der Waals surface area contributed by atoms with Gasteiger partial charge in [-0.2, -0.15) is 0 Å². The molecule has 0 unspecified atom stereocenters. The maximum Gasteiger partial charge on any atom is 0.348 e. The molecule has 0 saturated heterocycles. The molecule has 1 rings (SSSR count). The molecule has 1 N–H and O–H groups in total. The number of carbonyl (C=O) groups excluding carboxylic acids is 3. The average molecular weight is 257 g/mol. The van der Waals surface area contributed by atoms with Gasteiger partial charge in [0.25, 0.3) is 5.91 Å². The number of methoxy groups -OCH3 is 1. The summed E-state index contributed by atoms with van der Waals surface area (Å²) < 4.78 is 9.05. The van der Waals surface area contributed by atoms with Gasteiger partial charge in [-0.1, -0.05) is 6.07 Å². The van der Waals surface area contributed by atoms with Crippen LogP contribution in [-0.4, -0.2) is 38.1 Å². The van der Waals surface area contributed by atoms with Gasteiger partial charge in [0.2, 0.25) is 0 Å². The van der Waals surface area contributed by atoms with Crippen molar-refractivity contribution in [1.29, 1.82) is 0 Å². The smallest absolute Gasteiger partial charge is 0.348 e. The normalized spacial score (nSPS) is 9.47. The van der Waals surface area contributed by atoms with Gasteiger partial charge in [-0.15, -0.1) is 11.3 Å². The second-order valence-electron chi connectivity index (χ2n) is 2.91. The molecule has 7 heteroatoms. The molecule has 0 aromatic carbocycles. The molecule has 0 aliphatic rings. The summed E-state index contributed by atoms with van der Waals surface area (Å²) in [6.07, 6.45) is 0. The standard InChI is InChI=1S/C10H11NO5S/c1-15-9(13)5-11-8(12)6-16-10(14)7-3-2-4-17-7/h2-4H,5-6H2,1H3,(H,11,12). The fourth-order valence-corrected chi connectivity index (χ4v) is 1.51. The monoisotopic (exact) mass is 257 g/mol. The molecule has 0 radical (unpaired) electrons. The van der Waals surface area contributed by atoms with E-state index in [2.05, 4.69) is 10.1 Å². The van der Waals surface area contributed by atoms with Gasteiger partial charge in [-0.25, -0.2) is 4.79 Å². The molecule has 0 atom stereocenters. The first-order chi connectivity index (χ1) is 8.13. The third kappa shape index (κ3) is 4.64. The van der Waals surface area contributed by atoms with Crippen molar-refractivity contribution >= 4 is 29.2 Å². The Morgan fingerprint density at radius 2 is 2.18 bits per heavy atom. The highest BCUT2D eigenvalue weighted by molar-refractivity contribution is 7.11. The maximum absolute atomic E-state index is 11.3. The third-order valence-electron chi connectivity index (χ3n) is 1.71. The van der Waals surface area contributed by atoms with Gasteiger partial charge in [0.05, 0.1) is 7.11 Å². The summed E-state index contributed by atoms with van der Waals surface area (Å²) in [6.45, 7) is -0.667. The Morgan fingerprint density at radius 3 is 2.76 bits per heavy atom. The topological polar surface area (TPSA) is 81.7 Å². The highest BCUT2D eigenvalue weighted by Crippen LogP contribution is 2.09. The van der Waals surface area contributed by atoms with Crippen molar-refractivity contribution in [3.05, 3.63) is 22.4 Å². The average Bonchev–Trinajstić information content (AvgIpc) is 2.86. The number of carbonyl (C=O) groups is 3. The second kappa shape index (κ2) is 6.64. The zero-order valence-electron chi connectivity index (χ0n) is 9.10. The Balaban J connectivity index is 2.24. The van der Waals surface area contributed by atoms with Gasteiger partial charge < -0.3 is 14.8 Å². The number of nitrogens with one attached hydrogen (secondary N) is 1. The first-order valence-electron chi connectivity index (χ1n) is 4.67. The molecule has 1 amide bonds. The number of amides is 1. The summed E-state index contributed by atoms with van der Waals surface area (Å²) in [5.41, 5.74) is 0. The van der Waals surface area contributed by atoms with E-state index >= 15 is 0 Å². The minimum atomic E-state index is -0.567. The number of rotatable bonds is 5. The van der Waals surface area contributed by atoms with E-state index < -0.39 is 24.5 Å². The van der Waals surface area contributed by atoms with Crippen LogP contribution in [0, 0.1) is 0 Å². The fourth-order valence-electron chi connectivity index (χ4n) is 0.891. The van der Waals surface area contributed by atoms with E-state index in [1.54, 1.807) is 17.5 Å². The molecule has 92 valence electrons. The highest BCUT2D eigenvalue weighted by atomic mass is 32.1. The van der Waals surface area contributed by atoms with E-state index in [0.717, 1.165) is 0 Å². The van der Waals surface area contributed by atoms with Crippen LogP contribution in [0.2, 0.25) is 0 Å². The Hall–Kier alpha value is -1.89. The van der Waals surface area contributed by atoms with E-state index in [-0.39, 0.29) is 6.54 Å². The summed E-state index contributed by atoms with van der Waals surface area (Å²) in [7, 11) is 1.21. The lowest BCUT2D eigenvalue weighted by molar-refractivity contribution is -0.141. The lowest BCUT2D eigenvalue weighted by Crippen LogP contribution is -2.33. The molecule has 1 aromatic heterocycles. The molecule has 17 heavy (non-hydrogen) atoms. The number of hydrogen-bond donors (Lipinski definition) is 1. The van der Waals surface area contributed by atoms with Crippen molar-refractivity contribution in [1.82, 2.24) is 5.32 Å². The molecular weight excluding hydrogens is 246 g/mol. The largest absolute Gasteiger partial charge is 0.468 e. The van der Waals surface area contributed by atoms with E-state index in [1.807, 2.05) is 0 Å². The van der Waals surface area contributed by atoms with Gasteiger partial charge >= 0.3 is 11.9 Å². The predicted octanol–water partition coefficient (Wildman–Crippen LogP) is 0.194. The van der Waals surface area contributed by atoms with Crippen LogP contribution in [0.3, 0.4) is 0 Å². The van der Waals surface area contributed by atoms with Crippen molar-refractivity contribution in [2.75, 3.05) is 20.3 Å². The third-order valence-corrected chi connectivity index (χ3v) is 2.56. The van der Waals surface area contributed by atoms with Crippen LogP contribution in [0.15, 0.2) is 17.5 Å². The molecule has 0 saturated carbocycles. The van der Waals surface area contributed by atoms with Gasteiger partial charge in [-0.3, -0.25) is 9.59 Å². The minimum absolute atomic E-state index is 0.244. The van der Waals surface area contributed by atoms with E-state index in [4.69, 9.17) is 4.74 Å². The van der Waals surface area contributed by atoms with Crippen LogP contribution in [0.4, 0.5) is 0 Å². The Morgan fingerprint density at radius 1 is 1.41 bits per heavy atom. The maximum atomic E-state index is 11.3. The Kier molecular flexibility index (Phi) is 5.15.